The Bertz CT molecular complexity index is 68.6. The molecule has 0 aliphatic carbocycles. The van der Waals surface area contributed by atoms with Crippen LogP contribution in [-0.2, 0) is 0 Å². The molecule has 0 unspecified atom stereocenters. The summed E-state index contributed by atoms with van der Waals surface area (Å²) < 4.78 is 0.135. The summed E-state index contributed by atoms with van der Waals surface area (Å²) in [7, 11) is 0. The van der Waals surface area contributed by atoms with E-state index in [-0.39, 0.29) is 4.32 Å². The zero-order valence-corrected chi connectivity index (χ0v) is 7.58. The molecule has 0 atom stereocenters. The van der Waals surface area contributed by atoms with Crippen molar-refractivity contribution in [3.8, 4) is 0 Å². The lowest BCUT2D eigenvalue weighted by Gasteiger charge is -2.06. The van der Waals surface area contributed by atoms with Crippen LogP contribution < -0.4 is 0 Å². The number of allylic oxidation sites excluding steroid dienone is 1. The summed E-state index contributed by atoms with van der Waals surface area (Å²) in [4.78, 5) is 1.85. The summed E-state index contributed by atoms with van der Waals surface area (Å²) in [6, 6.07) is 0. The third-order valence-corrected chi connectivity index (χ3v) is 0.988. The van der Waals surface area contributed by atoms with Crippen molar-refractivity contribution in [1.82, 2.24) is 0 Å². The van der Waals surface area contributed by atoms with E-state index in [4.69, 9.17) is 0 Å². The lowest BCUT2D eigenvalue weighted by molar-refractivity contribution is 0.923. The average Bonchev–Trinajstić information content (AvgIpc) is 1.30. The summed E-state index contributed by atoms with van der Waals surface area (Å²) in [5.41, 5.74) is 0. The van der Waals surface area contributed by atoms with Gasteiger partial charge in [0.25, 0.3) is 0 Å². The maximum Gasteiger partial charge on any atom is 0.0388 e. The van der Waals surface area contributed by atoms with E-state index in [1.165, 1.54) is 0 Å². The Hall–Kier alpha value is 0.700. The minimum atomic E-state index is 0.135. The first-order chi connectivity index (χ1) is 3.06. The Morgan fingerprint density at radius 3 is 1.86 bits per heavy atom. The summed E-state index contributed by atoms with van der Waals surface area (Å²) in [5, 5.41) is 0. The van der Waals surface area contributed by atoms with Crippen molar-refractivity contribution in [2.24, 2.45) is 0 Å². The molecule has 7 heavy (non-hydrogen) atoms. The molecule has 0 heterocycles. The number of hydrogen-bond acceptors (Lipinski definition) is 0. The van der Waals surface area contributed by atoms with Gasteiger partial charge in [-0.15, -0.1) is 0 Å². The zero-order chi connectivity index (χ0) is 5.91. The van der Waals surface area contributed by atoms with E-state index in [0.29, 0.717) is 0 Å². The minimum absolute atomic E-state index is 0.135. The Kier molecular flexibility index (Phi) is 3.16. The molecule has 0 radical (unpaired) electrons. The van der Waals surface area contributed by atoms with E-state index in [9.17, 15) is 0 Å². The van der Waals surface area contributed by atoms with Crippen LogP contribution in [0.2, 0.25) is 0 Å². The van der Waals surface area contributed by atoms with Crippen molar-refractivity contribution in [1.29, 1.82) is 0 Å². The smallest absolute Gasteiger partial charge is 0.0388 e. The first-order valence-corrected chi connectivity index (χ1v) is 3.74. The van der Waals surface area contributed by atoms with Crippen LogP contribution in [-0.4, -0.2) is 4.32 Å². The van der Waals surface area contributed by atoms with Crippen molar-refractivity contribution in [2.75, 3.05) is 0 Å². The third-order valence-electron chi connectivity index (χ3n) is 0.459. The summed E-state index contributed by atoms with van der Waals surface area (Å²) in [6.07, 6.45) is 2.02. The second-order valence-corrected chi connectivity index (χ2v) is 4.43. The van der Waals surface area contributed by atoms with Crippen LogP contribution >= 0.6 is 31.9 Å². The van der Waals surface area contributed by atoms with Crippen LogP contribution in [0, 0.1) is 0 Å². The van der Waals surface area contributed by atoms with Gasteiger partial charge in [-0.2, -0.15) is 0 Å². The highest BCUT2D eigenvalue weighted by Gasteiger charge is 2.04. The second-order valence-electron chi connectivity index (χ2n) is 1.86. The molecule has 0 bridgehead atoms. The molecule has 0 nitrogen and oxygen atoms in total. The fourth-order valence-electron chi connectivity index (χ4n) is 0.150. The molecule has 0 aromatic rings. The maximum absolute atomic E-state index is 3.42. The van der Waals surface area contributed by atoms with E-state index in [2.05, 4.69) is 45.7 Å². The zero-order valence-electron chi connectivity index (χ0n) is 4.41. The normalized spacial score (nSPS) is 13.1. The van der Waals surface area contributed by atoms with Gasteiger partial charge in [0.15, 0.2) is 0 Å². The van der Waals surface area contributed by atoms with E-state index in [1.807, 2.05) is 11.1 Å². The number of halogens is 2. The van der Waals surface area contributed by atoms with Gasteiger partial charge in [-0.3, -0.25) is 0 Å². The van der Waals surface area contributed by atoms with E-state index < -0.39 is 0 Å². The van der Waals surface area contributed by atoms with Gasteiger partial charge in [0.1, 0.15) is 0 Å². The molecule has 0 saturated heterocycles. The van der Waals surface area contributed by atoms with Gasteiger partial charge in [0, 0.05) is 4.32 Å². The van der Waals surface area contributed by atoms with Crippen LogP contribution in [0.4, 0.5) is 0 Å². The van der Waals surface area contributed by atoms with Crippen molar-refractivity contribution < 1.29 is 0 Å². The highest BCUT2D eigenvalue weighted by atomic mass is 79.9. The molecule has 0 rings (SSSR count). The quantitative estimate of drug-likeness (QED) is 0.605. The van der Waals surface area contributed by atoms with Crippen molar-refractivity contribution in [3.05, 3.63) is 11.1 Å². The van der Waals surface area contributed by atoms with E-state index in [1.54, 1.807) is 0 Å². The molecule has 0 N–H and O–H groups in total. The topological polar surface area (TPSA) is 0 Å². The molecule has 0 fully saturated rings. The predicted octanol–water partition coefficient (Wildman–Crippen LogP) is 3.07. The molecular formula is C5H8Br2. The molecular weight excluding hydrogens is 220 g/mol. The fourth-order valence-corrected chi connectivity index (χ4v) is 1.30. The van der Waals surface area contributed by atoms with Crippen LogP contribution in [0.1, 0.15) is 13.8 Å². The first kappa shape index (κ1) is 7.70. The van der Waals surface area contributed by atoms with Gasteiger partial charge in [-0.1, -0.05) is 37.9 Å². The Labute approximate surface area is 61.2 Å². The number of hydrogen-bond donors (Lipinski definition) is 0. The van der Waals surface area contributed by atoms with Gasteiger partial charge in [-0.05, 0) is 18.8 Å². The van der Waals surface area contributed by atoms with Crippen molar-refractivity contribution in [2.45, 2.75) is 18.2 Å². The molecule has 42 valence electrons. The Balaban J connectivity index is 3.56. The highest BCUT2D eigenvalue weighted by molar-refractivity contribution is 9.11. The van der Waals surface area contributed by atoms with Crippen LogP contribution in [0.3, 0.4) is 0 Å². The highest BCUT2D eigenvalue weighted by Crippen LogP contribution is 2.17. The van der Waals surface area contributed by atoms with Crippen LogP contribution in [0.5, 0.6) is 0 Å². The molecule has 2 heteroatoms. The fraction of sp³-hybridized carbons (Fsp3) is 0.600. The largest absolute Gasteiger partial charge is 0.0814 e. The summed E-state index contributed by atoms with van der Waals surface area (Å²) >= 11 is 6.60. The van der Waals surface area contributed by atoms with Gasteiger partial charge >= 0.3 is 0 Å². The molecule has 0 amide bonds. The lowest BCUT2D eigenvalue weighted by atomic mass is 10.2. The van der Waals surface area contributed by atoms with Crippen molar-refractivity contribution in [3.63, 3.8) is 0 Å². The second kappa shape index (κ2) is 2.88. The molecule has 0 spiro atoms. The maximum atomic E-state index is 3.42. The number of alkyl halides is 1. The SMILES string of the molecule is CC(C)(Br)/C=C/Br. The third kappa shape index (κ3) is 6.70. The van der Waals surface area contributed by atoms with Gasteiger partial charge in [-0.25, -0.2) is 0 Å². The number of rotatable bonds is 1. The monoisotopic (exact) mass is 226 g/mol. The lowest BCUT2D eigenvalue weighted by Crippen LogP contribution is -2.01. The summed E-state index contributed by atoms with van der Waals surface area (Å²) in [6.45, 7) is 4.15. The molecule has 0 aromatic carbocycles. The molecule has 0 aliphatic heterocycles. The molecule has 0 saturated carbocycles. The van der Waals surface area contributed by atoms with Crippen LogP contribution in [0.25, 0.3) is 0 Å². The van der Waals surface area contributed by atoms with Gasteiger partial charge < -0.3 is 0 Å². The van der Waals surface area contributed by atoms with E-state index >= 15 is 0 Å². The first-order valence-electron chi connectivity index (χ1n) is 2.03. The predicted molar refractivity (Wildman–Crippen MR) is 41.1 cm³/mol. The molecule has 0 aromatic heterocycles. The molecule has 0 aliphatic rings. The van der Waals surface area contributed by atoms with Gasteiger partial charge in [0.05, 0.1) is 0 Å². The standard InChI is InChI=1S/C5H8Br2/c1-5(2,7)3-4-6/h3-4H,1-2H3/b4-3+. The van der Waals surface area contributed by atoms with E-state index in [0.717, 1.165) is 0 Å². The Morgan fingerprint density at radius 2 is 1.86 bits per heavy atom. The van der Waals surface area contributed by atoms with Gasteiger partial charge in [0.2, 0.25) is 0 Å². The van der Waals surface area contributed by atoms with Crippen molar-refractivity contribution >= 4 is 31.9 Å². The van der Waals surface area contributed by atoms with Crippen LogP contribution in [0.15, 0.2) is 11.1 Å². The Morgan fingerprint density at radius 1 is 1.43 bits per heavy atom. The average molecular weight is 228 g/mol. The minimum Gasteiger partial charge on any atom is -0.0814 e. The summed E-state index contributed by atoms with van der Waals surface area (Å²) in [5.74, 6) is 0.